The van der Waals surface area contributed by atoms with Gasteiger partial charge in [0.2, 0.25) is 11.5 Å². The van der Waals surface area contributed by atoms with Crippen molar-refractivity contribution in [3.05, 3.63) is 23.8 Å². The summed E-state index contributed by atoms with van der Waals surface area (Å²) in [5.41, 5.74) is 0.729. The SMILES string of the molecule is CN1C(C(C)(C)C)=CCN1C(O)(O)c1occ(O)c1O. The molecule has 0 spiro atoms. The first-order valence-electron chi connectivity index (χ1n) is 6.23. The molecule has 0 atom stereocenters. The summed E-state index contributed by atoms with van der Waals surface area (Å²) in [5.74, 6) is -4.32. The molecule has 4 N–H and O–H groups in total. The highest BCUT2D eigenvalue weighted by molar-refractivity contribution is 5.40. The van der Waals surface area contributed by atoms with Crippen molar-refractivity contribution < 1.29 is 24.8 Å². The largest absolute Gasteiger partial charge is 0.502 e. The molecule has 1 aromatic heterocycles. The van der Waals surface area contributed by atoms with Gasteiger partial charge in [0, 0.05) is 24.7 Å². The van der Waals surface area contributed by atoms with Gasteiger partial charge in [-0.25, -0.2) is 0 Å². The van der Waals surface area contributed by atoms with E-state index in [-0.39, 0.29) is 12.0 Å². The van der Waals surface area contributed by atoms with Crippen molar-refractivity contribution in [2.45, 2.75) is 26.7 Å². The molecule has 7 nitrogen and oxygen atoms in total. The summed E-state index contributed by atoms with van der Waals surface area (Å²) in [6, 6.07) is 0. The summed E-state index contributed by atoms with van der Waals surface area (Å²) < 4.78 is 4.85. The molecule has 2 rings (SSSR count). The Balaban J connectivity index is 2.32. The first-order chi connectivity index (χ1) is 9.06. The molecule has 7 heteroatoms. The second kappa shape index (κ2) is 4.41. The molecule has 2 heterocycles. The summed E-state index contributed by atoms with van der Waals surface area (Å²) in [5, 5.41) is 42.3. The third kappa shape index (κ3) is 2.13. The molecule has 0 unspecified atom stereocenters. The van der Waals surface area contributed by atoms with Crippen LogP contribution in [0.15, 0.2) is 22.5 Å². The predicted octanol–water partition coefficient (Wildman–Crippen LogP) is 0.878. The van der Waals surface area contributed by atoms with Gasteiger partial charge in [-0.05, 0) is 6.08 Å². The lowest BCUT2D eigenvalue weighted by atomic mass is 9.92. The van der Waals surface area contributed by atoms with Crippen LogP contribution in [0.4, 0.5) is 0 Å². The van der Waals surface area contributed by atoms with Crippen molar-refractivity contribution in [1.82, 2.24) is 10.0 Å². The van der Waals surface area contributed by atoms with Crippen LogP contribution in [-0.4, -0.2) is 44.0 Å². The fraction of sp³-hybridized carbons (Fsp3) is 0.538. The minimum absolute atomic E-state index is 0.174. The molecule has 1 aromatic rings. The van der Waals surface area contributed by atoms with Crippen LogP contribution in [0.25, 0.3) is 0 Å². The average Bonchev–Trinajstić information content (AvgIpc) is 2.83. The summed E-state index contributed by atoms with van der Waals surface area (Å²) in [7, 11) is 1.69. The van der Waals surface area contributed by atoms with E-state index in [9.17, 15) is 20.4 Å². The lowest BCUT2D eigenvalue weighted by Gasteiger charge is -2.39. The Kier molecular flexibility index (Phi) is 3.24. The van der Waals surface area contributed by atoms with Crippen LogP contribution in [0.3, 0.4) is 0 Å². The monoisotopic (exact) mass is 284 g/mol. The number of hydrazine groups is 1. The minimum atomic E-state index is -2.57. The summed E-state index contributed by atoms with van der Waals surface area (Å²) in [4.78, 5) is 0. The highest BCUT2D eigenvalue weighted by Gasteiger charge is 2.46. The maximum Gasteiger partial charge on any atom is 0.308 e. The molecular formula is C13H20N2O5. The number of aliphatic hydroxyl groups is 2. The molecule has 0 radical (unpaired) electrons. The molecule has 1 aliphatic heterocycles. The second-order valence-corrected chi connectivity index (χ2v) is 5.88. The highest BCUT2D eigenvalue weighted by atomic mass is 16.6. The second-order valence-electron chi connectivity index (χ2n) is 5.88. The number of hydrogen-bond donors (Lipinski definition) is 4. The van der Waals surface area contributed by atoms with Crippen molar-refractivity contribution in [3.8, 4) is 11.5 Å². The zero-order valence-electron chi connectivity index (χ0n) is 12.0. The number of rotatable bonds is 2. The molecule has 20 heavy (non-hydrogen) atoms. The number of hydrogen-bond acceptors (Lipinski definition) is 7. The van der Waals surface area contributed by atoms with Gasteiger partial charge in [-0.2, -0.15) is 5.01 Å². The molecule has 0 aliphatic carbocycles. The molecule has 0 amide bonds. The minimum Gasteiger partial charge on any atom is -0.502 e. The molecule has 0 aromatic carbocycles. The molecule has 112 valence electrons. The standard InChI is InChI=1S/C13H20N2O5/c1-12(2,3)9-5-6-15(14(9)4)13(18,19)11-10(17)8(16)7-20-11/h5,7,16-19H,6H2,1-4H3. The van der Waals surface area contributed by atoms with E-state index in [0.717, 1.165) is 12.0 Å². The normalized spacial score (nSPS) is 17.7. The van der Waals surface area contributed by atoms with Crippen LogP contribution in [0.1, 0.15) is 26.5 Å². The Labute approximate surface area is 116 Å². The van der Waals surface area contributed by atoms with E-state index in [1.54, 1.807) is 12.1 Å². The zero-order chi connectivity index (χ0) is 15.3. The van der Waals surface area contributed by atoms with Crippen molar-refractivity contribution >= 4 is 0 Å². The van der Waals surface area contributed by atoms with E-state index < -0.39 is 23.2 Å². The van der Waals surface area contributed by atoms with E-state index >= 15 is 0 Å². The van der Waals surface area contributed by atoms with E-state index in [1.165, 1.54) is 5.01 Å². The predicted molar refractivity (Wildman–Crippen MR) is 70.2 cm³/mol. The quantitative estimate of drug-likeness (QED) is 0.598. The van der Waals surface area contributed by atoms with Gasteiger partial charge in [0.05, 0.1) is 0 Å². The summed E-state index contributed by atoms with van der Waals surface area (Å²) in [6.45, 7) is 6.25. The Morgan fingerprint density at radius 2 is 1.80 bits per heavy atom. The lowest BCUT2D eigenvalue weighted by molar-refractivity contribution is -0.327. The maximum absolute atomic E-state index is 10.3. The molecule has 0 bridgehead atoms. The Bertz CT molecular complexity index is 541. The zero-order valence-corrected chi connectivity index (χ0v) is 12.0. The van der Waals surface area contributed by atoms with E-state index in [2.05, 4.69) is 0 Å². The smallest absolute Gasteiger partial charge is 0.308 e. The van der Waals surface area contributed by atoms with Gasteiger partial charge in [-0.3, -0.25) is 0 Å². The topological polar surface area (TPSA) is 101 Å². The lowest BCUT2D eigenvalue weighted by Crippen LogP contribution is -2.51. The van der Waals surface area contributed by atoms with Crippen LogP contribution in [0.2, 0.25) is 0 Å². The Morgan fingerprint density at radius 3 is 2.20 bits per heavy atom. The number of furan rings is 1. The van der Waals surface area contributed by atoms with Gasteiger partial charge in [-0.1, -0.05) is 20.8 Å². The maximum atomic E-state index is 10.3. The number of aromatic hydroxyl groups is 2. The van der Waals surface area contributed by atoms with Crippen molar-refractivity contribution in [2.24, 2.45) is 5.41 Å². The van der Waals surface area contributed by atoms with Crippen LogP contribution in [0.5, 0.6) is 11.5 Å². The molecule has 0 saturated carbocycles. The summed E-state index contributed by atoms with van der Waals surface area (Å²) >= 11 is 0. The third-order valence-electron chi connectivity index (χ3n) is 3.35. The fourth-order valence-corrected chi connectivity index (χ4v) is 2.38. The molecule has 0 fully saturated rings. The third-order valence-corrected chi connectivity index (χ3v) is 3.35. The van der Waals surface area contributed by atoms with Gasteiger partial charge in [-0.15, -0.1) is 0 Å². The van der Waals surface area contributed by atoms with E-state index in [4.69, 9.17) is 4.42 Å². The van der Waals surface area contributed by atoms with Crippen LogP contribution >= 0.6 is 0 Å². The molecule has 0 saturated heterocycles. The van der Waals surface area contributed by atoms with E-state index in [1.807, 2.05) is 26.8 Å². The molecule has 1 aliphatic rings. The van der Waals surface area contributed by atoms with Crippen LogP contribution < -0.4 is 0 Å². The van der Waals surface area contributed by atoms with Gasteiger partial charge in [0.15, 0.2) is 5.75 Å². The van der Waals surface area contributed by atoms with E-state index in [0.29, 0.717) is 0 Å². The van der Waals surface area contributed by atoms with Gasteiger partial charge < -0.3 is 29.9 Å². The Morgan fingerprint density at radius 1 is 1.20 bits per heavy atom. The summed E-state index contributed by atoms with van der Waals surface area (Å²) in [6.07, 6.45) is 2.71. The van der Waals surface area contributed by atoms with Gasteiger partial charge >= 0.3 is 5.91 Å². The Hall–Kier alpha value is -1.70. The van der Waals surface area contributed by atoms with Crippen molar-refractivity contribution in [3.63, 3.8) is 0 Å². The van der Waals surface area contributed by atoms with Crippen LogP contribution in [0, 0.1) is 5.41 Å². The van der Waals surface area contributed by atoms with Gasteiger partial charge in [0.1, 0.15) is 6.26 Å². The first-order valence-corrected chi connectivity index (χ1v) is 6.23. The number of allylic oxidation sites excluding steroid dienone is 1. The number of nitrogens with zero attached hydrogens (tertiary/aromatic N) is 2. The van der Waals surface area contributed by atoms with Crippen LogP contribution in [-0.2, 0) is 5.91 Å². The highest BCUT2D eigenvalue weighted by Crippen LogP contribution is 2.42. The van der Waals surface area contributed by atoms with Gasteiger partial charge in [0.25, 0.3) is 0 Å². The van der Waals surface area contributed by atoms with Crippen molar-refractivity contribution in [2.75, 3.05) is 13.6 Å². The van der Waals surface area contributed by atoms with Crippen molar-refractivity contribution in [1.29, 1.82) is 0 Å². The average molecular weight is 284 g/mol. The first kappa shape index (κ1) is 14.7. The molecular weight excluding hydrogens is 264 g/mol. The fourth-order valence-electron chi connectivity index (χ4n) is 2.38.